The van der Waals surface area contributed by atoms with E-state index in [0.717, 1.165) is 12.5 Å². The summed E-state index contributed by atoms with van der Waals surface area (Å²) in [5.74, 6) is 0.851. The van der Waals surface area contributed by atoms with Crippen LogP contribution in [0.4, 0.5) is 5.69 Å². The molecule has 0 radical (unpaired) electrons. The Morgan fingerprint density at radius 1 is 1.00 bits per heavy atom. The fourth-order valence-electron chi connectivity index (χ4n) is 3.10. The van der Waals surface area contributed by atoms with Crippen LogP contribution in [-0.2, 0) is 13.0 Å². The van der Waals surface area contributed by atoms with Crippen molar-refractivity contribution in [2.45, 2.75) is 31.7 Å². The molecular weight excluding hydrogens is 230 g/mol. The highest BCUT2D eigenvalue weighted by atomic mass is 15.1. The quantitative estimate of drug-likeness (QED) is 0.790. The summed E-state index contributed by atoms with van der Waals surface area (Å²) in [6.45, 7) is 2.21. The van der Waals surface area contributed by atoms with E-state index >= 15 is 0 Å². The van der Waals surface area contributed by atoms with Gasteiger partial charge in [0.15, 0.2) is 0 Å². The predicted molar refractivity (Wildman–Crippen MR) is 79.6 cm³/mol. The number of hydrogen-bond donors (Lipinski definition) is 0. The first-order valence-corrected chi connectivity index (χ1v) is 7.32. The van der Waals surface area contributed by atoms with Crippen molar-refractivity contribution in [2.75, 3.05) is 11.4 Å². The van der Waals surface area contributed by atoms with E-state index in [4.69, 9.17) is 0 Å². The van der Waals surface area contributed by atoms with Crippen LogP contribution in [0, 0.1) is 0 Å². The van der Waals surface area contributed by atoms with Crippen LogP contribution in [0.1, 0.15) is 35.4 Å². The standard InChI is InChI=1S/C18H19N/c1-2-4-14(5-3-1)13-19-11-10-16-8-9-17(12-18(16)19)15-6-7-15/h1-5,8-9,12,15H,6-7,10-11,13H2. The zero-order valence-corrected chi connectivity index (χ0v) is 11.2. The zero-order valence-electron chi connectivity index (χ0n) is 11.2. The van der Waals surface area contributed by atoms with Gasteiger partial charge in [-0.3, -0.25) is 0 Å². The van der Waals surface area contributed by atoms with Crippen molar-refractivity contribution in [2.24, 2.45) is 0 Å². The van der Waals surface area contributed by atoms with Crippen molar-refractivity contribution in [1.82, 2.24) is 0 Å². The Labute approximate surface area is 114 Å². The molecule has 96 valence electrons. The molecule has 1 aliphatic heterocycles. The number of rotatable bonds is 3. The van der Waals surface area contributed by atoms with Crippen LogP contribution in [0.3, 0.4) is 0 Å². The highest BCUT2D eigenvalue weighted by molar-refractivity contribution is 5.60. The molecule has 0 amide bonds. The van der Waals surface area contributed by atoms with Crippen molar-refractivity contribution in [3.8, 4) is 0 Å². The van der Waals surface area contributed by atoms with Gasteiger partial charge in [-0.15, -0.1) is 0 Å². The molecule has 0 N–H and O–H groups in total. The average Bonchev–Trinajstić information content (AvgIpc) is 3.23. The SMILES string of the molecule is c1ccc(CN2CCc3ccc(C4CC4)cc32)cc1. The van der Waals surface area contributed by atoms with Gasteiger partial charge in [-0.25, -0.2) is 0 Å². The highest BCUT2D eigenvalue weighted by Crippen LogP contribution is 2.42. The summed E-state index contributed by atoms with van der Waals surface area (Å²) in [6.07, 6.45) is 3.97. The molecule has 1 saturated carbocycles. The van der Waals surface area contributed by atoms with E-state index in [9.17, 15) is 0 Å². The third kappa shape index (κ3) is 2.14. The first-order valence-electron chi connectivity index (χ1n) is 7.32. The molecule has 1 nitrogen and oxygen atoms in total. The minimum Gasteiger partial charge on any atom is -0.367 e. The number of fused-ring (bicyclic) bond motifs is 1. The van der Waals surface area contributed by atoms with Gasteiger partial charge in [-0.1, -0.05) is 42.5 Å². The van der Waals surface area contributed by atoms with Gasteiger partial charge < -0.3 is 4.90 Å². The van der Waals surface area contributed by atoms with E-state index in [2.05, 4.69) is 53.4 Å². The monoisotopic (exact) mass is 249 g/mol. The molecule has 0 bridgehead atoms. The fourth-order valence-corrected chi connectivity index (χ4v) is 3.10. The van der Waals surface area contributed by atoms with Gasteiger partial charge in [0.05, 0.1) is 0 Å². The Balaban J connectivity index is 1.62. The summed E-state index contributed by atoms with van der Waals surface area (Å²) >= 11 is 0. The molecule has 19 heavy (non-hydrogen) atoms. The minimum atomic E-state index is 0.851. The molecule has 1 aliphatic carbocycles. The molecule has 2 aromatic rings. The van der Waals surface area contributed by atoms with Crippen molar-refractivity contribution in [3.63, 3.8) is 0 Å². The number of anilines is 1. The van der Waals surface area contributed by atoms with Crippen LogP contribution in [0.25, 0.3) is 0 Å². The van der Waals surface area contributed by atoms with E-state index in [1.165, 1.54) is 42.6 Å². The Hall–Kier alpha value is -1.76. The van der Waals surface area contributed by atoms with Crippen LogP contribution in [-0.4, -0.2) is 6.54 Å². The third-order valence-corrected chi connectivity index (χ3v) is 4.37. The second kappa shape index (κ2) is 4.41. The lowest BCUT2D eigenvalue weighted by atomic mass is 10.1. The molecule has 1 fully saturated rings. The summed E-state index contributed by atoms with van der Waals surface area (Å²) in [7, 11) is 0. The first-order chi connectivity index (χ1) is 9.40. The zero-order chi connectivity index (χ0) is 12.7. The van der Waals surface area contributed by atoms with Gasteiger partial charge in [0, 0.05) is 18.8 Å². The van der Waals surface area contributed by atoms with Crippen molar-refractivity contribution >= 4 is 5.69 Å². The molecule has 0 atom stereocenters. The summed E-state index contributed by atoms with van der Waals surface area (Å²) < 4.78 is 0. The van der Waals surface area contributed by atoms with Gasteiger partial charge in [-0.05, 0) is 47.9 Å². The Morgan fingerprint density at radius 3 is 2.63 bits per heavy atom. The molecular formula is C18H19N. The molecule has 2 aliphatic rings. The minimum absolute atomic E-state index is 0.851. The molecule has 0 saturated heterocycles. The first kappa shape index (κ1) is 11.1. The number of benzene rings is 2. The fraction of sp³-hybridized carbons (Fsp3) is 0.333. The van der Waals surface area contributed by atoms with Gasteiger partial charge in [0.25, 0.3) is 0 Å². The van der Waals surface area contributed by atoms with Crippen LogP contribution < -0.4 is 4.90 Å². The topological polar surface area (TPSA) is 3.24 Å². The normalized spacial score (nSPS) is 17.6. The third-order valence-electron chi connectivity index (χ3n) is 4.37. The van der Waals surface area contributed by atoms with Crippen molar-refractivity contribution in [1.29, 1.82) is 0 Å². The summed E-state index contributed by atoms with van der Waals surface area (Å²) in [6, 6.07) is 18.0. The number of hydrogen-bond acceptors (Lipinski definition) is 1. The Kier molecular flexibility index (Phi) is 2.58. The van der Waals surface area contributed by atoms with E-state index in [0.29, 0.717) is 0 Å². The van der Waals surface area contributed by atoms with E-state index in [-0.39, 0.29) is 0 Å². The second-order valence-electron chi connectivity index (χ2n) is 5.82. The van der Waals surface area contributed by atoms with Gasteiger partial charge in [0.2, 0.25) is 0 Å². The summed E-state index contributed by atoms with van der Waals surface area (Å²) in [5, 5.41) is 0. The van der Waals surface area contributed by atoms with Gasteiger partial charge in [-0.2, -0.15) is 0 Å². The van der Waals surface area contributed by atoms with Gasteiger partial charge >= 0.3 is 0 Å². The molecule has 0 unspecified atom stereocenters. The lowest BCUT2D eigenvalue weighted by Gasteiger charge is -2.20. The van der Waals surface area contributed by atoms with Crippen LogP contribution in [0.5, 0.6) is 0 Å². The lowest BCUT2D eigenvalue weighted by molar-refractivity contribution is 0.835. The largest absolute Gasteiger partial charge is 0.367 e. The summed E-state index contributed by atoms with van der Waals surface area (Å²) in [5.41, 5.74) is 5.97. The van der Waals surface area contributed by atoms with E-state index < -0.39 is 0 Å². The maximum absolute atomic E-state index is 2.54. The summed E-state index contributed by atoms with van der Waals surface area (Å²) in [4.78, 5) is 2.54. The van der Waals surface area contributed by atoms with Crippen LogP contribution in [0.2, 0.25) is 0 Å². The molecule has 1 heterocycles. The maximum atomic E-state index is 2.54. The Morgan fingerprint density at radius 2 is 1.84 bits per heavy atom. The second-order valence-corrected chi connectivity index (χ2v) is 5.82. The van der Waals surface area contributed by atoms with E-state index in [1.807, 2.05) is 0 Å². The molecule has 1 heteroatoms. The highest BCUT2D eigenvalue weighted by Gasteiger charge is 2.26. The van der Waals surface area contributed by atoms with Crippen LogP contribution >= 0.6 is 0 Å². The molecule has 4 rings (SSSR count). The van der Waals surface area contributed by atoms with Crippen molar-refractivity contribution in [3.05, 3.63) is 65.2 Å². The van der Waals surface area contributed by atoms with E-state index in [1.54, 1.807) is 5.56 Å². The lowest BCUT2D eigenvalue weighted by Crippen LogP contribution is -2.19. The van der Waals surface area contributed by atoms with Crippen LogP contribution in [0.15, 0.2) is 48.5 Å². The van der Waals surface area contributed by atoms with Crippen molar-refractivity contribution < 1.29 is 0 Å². The molecule has 2 aromatic carbocycles. The van der Waals surface area contributed by atoms with Gasteiger partial charge in [0.1, 0.15) is 0 Å². The maximum Gasteiger partial charge on any atom is 0.0429 e. The predicted octanol–water partition coefficient (Wildman–Crippen LogP) is 4.13. The Bertz CT molecular complexity index is 584. The average molecular weight is 249 g/mol. The smallest absolute Gasteiger partial charge is 0.0429 e. The molecule has 0 aromatic heterocycles. The molecule has 0 spiro atoms. The number of nitrogens with zero attached hydrogens (tertiary/aromatic N) is 1.